The Hall–Kier alpha value is -0.160. The molecule has 1 N–H and O–H groups in total. The van der Waals surface area contributed by atoms with Crippen LogP contribution in [0.1, 0.15) is 46.5 Å². The molecule has 0 amide bonds. The average Bonchev–Trinajstić information content (AvgIpc) is 2.56. The molecule has 6 unspecified atom stereocenters. The van der Waals surface area contributed by atoms with E-state index in [2.05, 4.69) is 13.8 Å². The Morgan fingerprint density at radius 3 is 2.68 bits per heavy atom. The van der Waals surface area contributed by atoms with E-state index in [-0.39, 0.29) is 17.8 Å². The summed E-state index contributed by atoms with van der Waals surface area (Å²) in [6.45, 7) is 6.43. The lowest BCUT2D eigenvalue weighted by Gasteiger charge is -2.57. The SMILES string of the molecule is C[C@H]1C(O)OC2OC3(C)CCC4[C@H](C)CCC1C24O3. The fraction of sp³-hybridized carbons (Fsp3) is 1.00. The van der Waals surface area contributed by atoms with Gasteiger partial charge in [0.1, 0.15) is 5.60 Å². The second-order valence-electron chi connectivity index (χ2n) is 7.23. The highest BCUT2D eigenvalue weighted by Gasteiger charge is 2.71. The third kappa shape index (κ3) is 1.44. The van der Waals surface area contributed by atoms with Gasteiger partial charge in [-0.25, -0.2) is 0 Å². The molecule has 0 aromatic rings. The van der Waals surface area contributed by atoms with Gasteiger partial charge in [0.2, 0.25) is 0 Å². The Bertz CT molecular complexity index is 400. The minimum absolute atomic E-state index is 0.121. The van der Waals surface area contributed by atoms with E-state index >= 15 is 0 Å². The molecular formula is C15H24O4. The largest absolute Gasteiger partial charge is 0.368 e. The van der Waals surface area contributed by atoms with Crippen molar-refractivity contribution < 1.29 is 19.3 Å². The van der Waals surface area contributed by atoms with Crippen molar-refractivity contribution in [2.75, 3.05) is 0 Å². The van der Waals surface area contributed by atoms with Gasteiger partial charge < -0.3 is 19.3 Å². The van der Waals surface area contributed by atoms with Crippen LogP contribution in [0.25, 0.3) is 0 Å². The number of aliphatic hydroxyl groups excluding tert-OH is 1. The van der Waals surface area contributed by atoms with Crippen molar-refractivity contribution in [1.82, 2.24) is 0 Å². The number of aliphatic hydroxyl groups is 1. The smallest absolute Gasteiger partial charge is 0.193 e. The Morgan fingerprint density at radius 2 is 1.89 bits per heavy atom. The molecule has 3 saturated heterocycles. The summed E-state index contributed by atoms with van der Waals surface area (Å²) in [4.78, 5) is 0. The number of ether oxygens (including phenoxy) is 3. The fourth-order valence-electron chi connectivity index (χ4n) is 5.15. The van der Waals surface area contributed by atoms with Gasteiger partial charge in [-0.2, -0.15) is 0 Å². The topological polar surface area (TPSA) is 47.9 Å². The van der Waals surface area contributed by atoms with Gasteiger partial charge in [-0.05, 0) is 38.0 Å². The minimum atomic E-state index is -0.721. The van der Waals surface area contributed by atoms with Crippen LogP contribution in [0, 0.1) is 23.7 Å². The summed E-state index contributed by atoms with van der Waals surface area (Å²) in [5.74, 6) is 1.11. The van der Waals surface area contributed by atoms with Crippen LogP contribution in [0.4, 0.5) is 0 Å². The van der Waals surface area contributed by atoms with E-state index in [1.807, 2.05) is 6.92 Å². The van der Waals surface area contributed by atoms with Gasteiger partial charge in [0.25, 0.3) is 0 Å². The highest BCUT2D eigenvalue weighted by atomic mass is 16.9. The molecule has 108 valence electrons. The van der Waals surface area contributed by atoms with E-state index in [1.165, 1.54) is 6.42 Å². The van der Waals surface area contributed by atoms with Crippen LogP contribution in [0.2, 0.25) is 0 Å². The molecule has 0 aromatic heterocycles. The second kappa shape index (κ2) is 3.73. The van der Waals surface area contributed by atoms with Crippen molar-refractivity contribution in [3.05, 3.63) is 0 Å². The molecule has 1 saturated carbocycles. The second-order valence-corrected chi connectivity index (χ2v) is 7.23. The van der Waals surface area contributed by atoms with Crippen LogP contribution >= 0.6 is 0 Å². The molecule has 4 rings (SSSR count). The fourth-order valence-corrected chi connectivity index (χ4v) is 5.15. The third-order valence-electron chi connectivity index (χ3n) is 6.15. The van der Waals surface area contributed by atoms with Crippen LogP contribution in [0.5, 0.6) is 0 Å². The van der Waals surface area contributed by atoms with E-state index in [4.69, 9.17) is 14.2 Å². The van der Waals surface area contributed by atoms with E-state index in [9.17, 15) is 5.11 Å². The highest BCUT2D eigenvalue weighted by Crippen LogP contribution is 2.63. The molecule has 2 bridgehead atoms. The molecule has 1 spiro atoms. The lowest BCUT2D eigenvalue weighted by molar-refractivity contribution is -0.326. The van der Waals surface area contributed by atoms with Crippen molar-refractivity contribution in [2.45, 2.75) is 70.4 Å². The molecule has 4 aliphatic rings. The molecule has 3 heterocycles. The summed E-state index contributed by atoms with van der Waals surface area (Å²) in [5.41, 5.74) is -0.316. The first-order valence-electron chi connectivity index (χ1n) is 7.68. The average molecular weight is 268 g/mol. The molecule has 0 aromatic carbocycles. The van der Waals surface area contributed by atoms with E-state index in [0.29, 0.717) is 17.8 Å². The van der Waals surface area contributed by atoms with Crippen molar-refractivity contribution >= 4 is 0 Å². The highest BCUT2D eigenvalue weighted by molar-refractivity contribution is 5.12. The van der Waals surface area contributed by atoms with Crippen molar-refractivity contribution in [2.24, 2.45) is 23.7 Å². The zero-order valence-electron chi connectivity index (χ0n) is 12.0. The lowest BCUT2D eigenvalue weighted by atomic mass is 9.57. The van der Waals surface area contributed by atoms with Gasteiger partial charge in [-0.3, -0.25) is 0 Å². The van der Waals surface area contributed by atoms with E-state index < -0.39 is 12.1 Å². The number of rotatable bonds is 0. The standard InChI is InChI=1S/C15H24O4/c1-8-4-5-11-9(2)12(16)17-13-15(11)10(8)6-7-14(3,18-13)19-15/h8-13,16H,4-7H2,1-3H3/t8-,9-,10?,11?,12?,13?,14?,15?/m1/s1. The van der Waals surface area contributed by atoms with Crippen molar-refractivity contribution in [3.63, 3.8) is 0 Å². The van der Waals surface area contributed by atoms with E-state index in [0.717, 1.165) is 19.3 Å². The molecular weight excluding hydrogens is 244 g/mol. The first kappa shape index (κ1) is 12.6. The van der Waals surface area contributed by atoms with Crippen LogP contribution < -0.4 is 0 Å². The molecule has 4 nitrogen and oxygen atoms in total. The maximum Gasteiger partial charge on any atom is 0.193 e. The van der Waals surface area contributed by atoms with Gasteiger partial charge in [-0.15, -0.1) is 0 Å². The van der Waals surface area contributed by atoms with Crippen LogP contribution in [-0.4, -0.2) is 29.1 Å². The molecule has 4 heteroatoms. The summed E-state index contributed by atoms with van der Waals surface area (Å²) in [6.07, 6.45) is 3.30. The number of hydrogen-bond acceptors (Lipinski definition) is 4. The molecule has 1 aliphatic carbocycles. The van der Waals surface area contributed by atoms with Crippen LogP contribution in [0.3, 0.4) is 0 Å². The van der Waals surface area contributed by atoms with Crippen molar-refractivity contribution in [1.29, 1.82) is 0 Å². The van der Waals surface area contributed by atoms with Gasteiger partial charge in [0, 0.05) is 18.3 Å². The van der Waals surface area contributed by atoms with Gasteiger partial charge in [-0.1, -0.05) is 13.8 Å². The zero-order chi connectivity index (χ0) is 13.4. The Labute approximate surface area is 114 Å². The summed E-state index contributed by atoms with van der Waals surface area (Å²) in [7, 11) is 0. The Morgan fingerprint density at radius 1 is 1.11 bits per heavy atom. The molecule has 0 radical (unpaired) electrons. The Kier molecular flexibility index (Phi) is 2.47. The summed E-state index contributed by atoms with van der Waals surface area (Å²) >= 11 is 0. The van der Waals surface area contributed by atoms with Crippen LogP contribution in [0.15, 0.2) is 0 Å². The summed E-state index contributed by atoms with van der Waals surface area (Å²) < 4.78 is 18.3. The number of fused-ring (bicyclic) bond motifs is 1. The maximum absolute atomic E-state index is 10.1. The first-order chi connectivity index (χ1) is 8.96. The zero-order valence-corrected chi connectivity index (χ0v) is 12.0. The maximum atomic E-state index is 10.1. The summed E-state index contributed by atoms with van der Waals surface area (Å²) in [5, 5.41) is 10.1. The molecule has 3 aliphatic heterocycles. The van der Waals surface area contributed by atoms with E-state index in [1.54, 1.807) is 0 Å². The minimum Gasteiger partial charge on any atom is -0.368 e. The van der Waals surface area contributed by atoms with Gasteiger partial charge in [0.05, 0.1) is 0 Å². The van der Waals surface area contributed by atoms with Crippen LogP contribution in [-0.2, 0) is 14.2 Å². The predicted molar refractivity (Wildman–Crippen MR) is 68.0 cm³/mol. The molecule has 4 fully saturated rings. The summed E-state index contributed by atoms with van der Waals surface area (Å²) in [6, 6.07) is 0. The third-order valence-corrected chi connectivity index (χ3v) is 6.15. The first-order valence-corrected chi connectivity index (χ1v) is 7.68. The van der Waals surface area contributed by atoms with Crippen molar-refractivity contribution in [3.8, 4) is 0 Å². The monoisotopic (exact) mass is 268 g/mol. The molecule has 8 atom stereocenters. The lowest BCUT2D eigenvalue weighted by Crippen LogP contribution is -2.66. The normalized spacial score (nSPS) is 63.8. The Balaban J connectivity index is 1.81. The number of hydrogen-bond donors (Lipinski definition) is 1. The quantitative estimate of drug-likeness (QED) is 0.732. The van der Waals surface area contributed by atoms with Gasteiger partial charge >= 0.3 is 0 Å². The van der Waals surface area contributed by atoms with Gasteiger partial charge in [0.15, 0.2) is 18.4 Å². The predicted octanol–water partition coefficient (Wildman–Crippen LogP) is 2.26. The molecule has 19 heavy (non-hydrogen) atoms.